The lowest BCUT2D eigenvalue weighted by molar-refractivity contribution is 0.0696. The first kappa shape index (κ1) is 15.2. The minimum atomic E-state index is -0.878. The molecule has 0 bridgehead atoms. The van der Waals surface area contributed by atoms with Crippen LogP contribution in [-0.2, 0) is 16.6 Å². The highest BCUT2D eigenvalue weighted by Gasteiger charge is 2.22. The van der Waals surface area contributed by atoms with Gasteiger partial charge in [0.25, 0.3) is 5.91 Å². The van der Waals surface area contributed by atoms with Crippen LogP contribution in [0.15, 0.2) is 24.3 Å². The van der Waals surface area contributed by atoms with Gasteiger partial charge in [-0.2, -0.15) is 0 Å². The summed E-state index contributed by atoms with van der Waals surface area (Å²) in [7, 11) is 1.03. The molecule has 2 rings (SSSR count). The second kappa shape index (κ2) is 7.02. The summed E-state index contributed by atoms with van der Waals surface area (Å²) in [5.74, 6) is 0.592. The highest BCUT2D eigenvalue weighted by molar-refractivity contribution is 7.83. The summed E-state index contributed by atoms with van der Waals surface area (Å²) in [5, 5.41) is 0. The number of carbonyl (C=O) groups excluding carboxylic acids is 1. The highest BCUT2D eigenvalue weighted by Crippen LogP contribution is 2.23. The van der Waals surface area contributed by atoms with Gasteiger partial charge >= 0.3 is 0 Å². The van der Waals surface area contributed by atoms with Crippen LogP contribution in [0.25, 0.3) is 0 Å². The van der Waals surface area contributed by atoms with Gasteiger partial charge in [-0.25, -0.2) is 0 Å². The molecule has 1 fully saturated rings. The largest absolute Gasteiger partial charge is 0.339 e. The Morgan fingerprint density at radius 2 is 2.00 bits per heavy atom. The van der Waals surface area contributed by atoms with E-state index in [1.807, 2.05) is 36.2 Å². The van der Waals surface area contributed by atoms with Crippen LogP contribution in [0, 0.1) is 0 Å². The van der Waals surface area contributed by atoms with E-state index in [-0.39, 0.29) is 5.91 Å². The van der Waals surface area contributed by atoms with Gasteiger partial charge in [-0.05, 0) is 30.5 Å². The molecule has 0 heterocycles. The van der Waals surface area contributed by atoms with E-state index in [1.54, 1.807) is 6.26 Å². The molecule has 1 amide bonds. The molecule has 3 nitrogen and oxygen atoms in total. The molecule has 1 aromatic carbocycles. The molecule has 110 valence electrons. The van der Waals surface area contributed by atoms with E-state index < -0.39 is 10.8 Å². The van der Waals surface area contributed by atoms with Crippen LogP contribution in [0.1, 0.15) is 48.0 Å². The molecule has 0 saturated heterocycles. The summed E-state index contributed by atoms with van der Waals surface area (Å²) < 4.78 is 11.3. The predicted molar refractivity (Wildman–Crippen MR) is 83.2 cm³/mol. The van der Waals surface area contributed by atoms with Crippen LogP contribution < -0.4 is 0 Å². The molecule has 20 heavy (non-hydrogen) atoms. The van der Waals surface area contributed by atoms with E-state index >= 15 is 0 Å². The maximum absolute atomic E-state index is 12.5. The summed E-state index contributed by atoms with van der Waals surface area (Å²) in [6.07, 6.45) is 7.63. The fourth-order valence-corrected chi connectivity index (χ4v) is 3.52. The molecular formula is C16H23NO2S. The summed E-state index contributed by atoms with van der Waals surface area (Å²) in [4.78, 5) is 14.4. The van der Waals surface area contributed by atoms with Gasteiger partial charge in [0, 0.05) is 41.5 Å². The molecule has 1 aromatic rings. The summed E-state index contributed by atoms with van der Waals surface area (Å²) in [6, 6.07) is 7.91. The first-order chi connectivity index (χ1) is 9.58. The fraction of sp³-hybridized carbons (Fsp3) is 0.562. The number of carbonyl (C=O) groups is 1. The summed E-state index contributed by atoms with van der Waals surface area (Å²) >= 11 is 0. The molecule has 4 heteroatoms. The van der Waals surface area contributed by atoms with E-state index in [9.17, 15) is 9.00 Å². The van der Waals surface area contributed by atoms with Crippen molar-refractivity contribution in [2.45, 2.75) is 43.9 Å². The van der Waals surface area contributed by atoms with Gasteiger partial charge in [-0.1, -0.05) is 31.4 Å². The Hall–Kier alpha value is -1.16. The van der Waals surface area contributed by atoms with Crippen LogP contribution in [0.4, 0.5) is 0 Å². The SMILES string of the molecule is CN(C(=O)c1cccc(CS(C)=O)c1)C1CCCCC1. The standard InChI is InChI=1S/C16H23NO2S/c1-17(15-9-4-3-5-10-15)16(18)14-8-6-7-13(11-14)12-20(2)19/h6-8,11,15H,3-5,9-10,12H2,1-2H3. The second-order valence-corrected chi connectivity index (χ2v) is 7.06. The van der Waals surface area contributed by atoms with E-state index in [2.05, 4.69) is 0 Å². The molecule has 1 unspecified atom stereocenters. The minimum absolute atomic E-state index is 0.0839. The number of nitrogens with zero attached hydrogens (tertiary/aromatic N) is 1. The third-order valence-corrected chi connectivity index (χ3v) is 4.73. The van der Waals surface area contributed by atoms with Gasteiger partial charge in [0.05, 0.1) is 0 Å². The molecule has 0 radical (unpaired) electrons. The monoisotopic (exact) mass is 293 g/mol. The number of benzene rings is 1. The van der Waals surface area contributed by atoms with Crippen molar-refractivity contribution in [3.63, 3.8) is 0 Å². The number of hydrogen-bond donors (Lipinski definition) is 0. The van der Waals surface area contributed by atoms with Crippen molar-refractivity contribution < 1.29 is 9.00 Å². The predicted octanol–water partition coefficient (Wildman–Crippen LogP) is 2.97. The number of hydrogen-bond acceptors (Lipinski definition) is 2. The Balaban J connectivity index is 2.09. The van der Waals surface area contributed by atoms with Gasteiger partial charge in [0.2, 0.25) is 0 Å². The van der Waals surface area contributed by atoms with Crippen molar-refractivity contribution in [2.75, 3.05) is 13.3 Å². The molecule has 0 aromatic heterocycles. The lowest BCUT2D eigenvalue weighted by atomic mass is 9.94. The summed E-state index contributed by atoms with van der Waals surface area (Å²) in [6.45, 7) is 0. The minimum Gasteiger partial charge on any atom is -0.339 e. The van der Waals surface area contributed by atoms with Gasteiger partial charge in [0.15, 0.2) is 0 Å². The molecule has 1 aliphatic rings. The zero-order valence-electron chi connectivity index (χ0n) is 12.3. The van der Waals surface area contributed by atoms with Crippen molar-refractivity contribution in [3.05, 3.63) is 35.4 Å². The van der Waals surface area contributed by atoms with Crippen LogP contribution in [0.3, 0.4) is 0 Å². The first-order valence-corrected chi connectivity index (χ1v) is 8.97. The molecule has 0 spiro atoms. The smallest absolute Gasteiger partial charge is 0.253 e. The average molecular weight is 293 g/mol. The van der Waals surface area contributed by atoms with Crippen molar-refractivity contribution in [3.8, 4) is 0 Å². The maximum atomic E-state index is 12.5. The lowest BCUT2D eigenvalue weighted by Gasteiger charge is -2.31. The molecule has 1 atom stereocenters. The molecule has 0 N–H and O–H groups in total. The Morgan fingerprint density at radius 3 is 2.65 bits per heavy atom. The Kier molecular flexibility index (Phi) is 5.35. The average Bonchev–Trinajstić information content (AvgIpc) is 2.46. The van der Waals surface area contributed by atoms with E-state index in [0.29, 0.717) is 17.4 Å². The van der Waals surface area contributed by atoms with Crippen LogP contribution in [-0.4, -0.2) is 34.4 Å². The van der Waals surface area contributed by atoms with Crippen molar-refractivity contribution >= 4 is 16.7 Å². The van der Waals surface area contributed by atoms with Crippen LogP contribution in [0.2, 0.25) is 0 Å². The Labute approximate surface area is 123 Å². The van der Waals surface area contributed by atoms with Gasteiger partial charge in [-0.15, -0.1) is 0 Å². The lowest BCUT2D eigenvalue weighted by Crippen LogP contribution is -2.38. The van der Waals surface area contributed by atoms with Gasteiger partial charge in [-0.3, -0.25) is 9.00 Å². The van der Waals surface area contributed by atoms with E-state index in [1.165, 1.54) is 19.3 Å². The van der Waals surface area contributed by atoms with Crippen LogP contribution in [0.5, 0.6) is 0 Å². The van der Waals surface area contributed by atoms with Gasteiger partial charge in [0.1, 0.15) is 0 Å². The van der Waals surface area contributed by atoms with E-state index in [0.717, 1.165) is 18.4 Å². The molecule has 1 saturated carbocycles. The quantitative estimate of drug-likeness (QED) is 0.856. The normalized spacial score (nSPS) is 17.7. The number of amides is 1. The fourth-order valence-electron chi connectivity index (χ4n) is 2.87. The van der Waals surface area contributed by atoms with Crippen molar-refractivity contribution in [1.82, 2.24) is 4.90 Å². The van der Waals surface area contributed by atoms with E-state index in [4.69, 9.17) is 0 Å². The molecule has 1 aliphatic carbocycles. The Morgan fingerprint density at radius 1 is 1.30 bits per heavy atom. The zero-order valence-corrected chi connectivity index (χ0v) is 13.1. The first-order valence-electron chi connectivity index (χ1n) is 7.24. The van der Waals surface area contributed by atoms with Gasteiger partial charge < -0.3 is 4.90 Å². The number of rotatable bonds is 4. The van der Waals surface area contributed by atoms with Crippen molar-refractivity contribution in [1.29, 1.82) is 0 Å². The zero-order chi connectivity index (χ0) is 14.5. The topological polar surface area (TPSA) is 37.4 Å². The third kappa shape index (κ3) is 3.92. The molecular weight excluding hydrogens is 270 g/mol. The van der Waals surface area contributed by atoms with Crippen LogP contribution >= 0.6 is 0 Å². The third-order valence-electron chi connectivity index (χ3n) is 3.99. The second-order valence-electron chi connectivity index (χ2n) is 5.63. The maximum Gasteiger partial charge on any atom is 0.253 e. The summed E-state index contributed by atoms with van der Waals surface area (Å²) in [5.41, 5.74) is 1.68. The van der Waals surface area contributed by atoms with Crippen molar-refractivity contribution in [2.24, 2.45) is 0 Å². The Bertz CT molecular complexity index is 495. The molecule has 0 aliphatic heterocycles. The highest BCUT2D eigenvalue weighted by atomic mass is 32.2.